The number of nitrogens with one attached hydrogen (secondary N) is 2. The lowest BCUT2D eigenvalue weighted by Crippen LogP contribution is -2.41. The number of nitrogens with two attached hydrogens (primary N) is 1. The van der Waals surface area contributed by atoms with Crippen molar-refractivity contribution in [3.63, 3.8) is 0 Å². The van der Waals surface area contributed by atoms with Crippen LogP contribution in [-0.4, -0.2) is 45.4 Å². The summed E-state index contributed by atoms with van der Waals surface area (Å²) in [5, 5.41) is 17.3. The number of carbonyl (C=O) groups excluding carboxylic acids is 2. The molecule has 4 N–H and O–H groups in total. The second-order valence-electron chi connectivity index (χ2n) is 9.28. The molecular formula is C28H27FN6O2. The predicted molar refractivity (Wildman–Crippen MR) is 140 cm³/mol. The van der Waals surface area contributed by atoms with E-state index in [1.807, 2.05) is 29.2 Å². The molecule has 0 radical (unpaired) electrons. The van der Waals surface area contributed by atoms with Gasteiger partial charge in [0.1, 0.15) is 23.0 Å². The minimum atomic E-state index is -0.474. The summed E-state index contributed by atoms with van der Waals surface area (Å²) in [6.07, 6.45) is 1.27. The number of piperidine rings is 1. The standard InChI is InChI=1S/C28H27FN6O2/c1-17-14-25(35(33-17)24-16-21-5-3-2-4-20(21)15-23(24)29)28(37)32-22-8-6-18(7-9-22)26(30)34-12-10-19(11-13-34)27(31)36/h2-9,14-16,19,30H,10-13H2,1H3,(H2,31,36)(H,32,37). The average molecular weight is 499 g/mol. The zero-order valence-corrected chi connectivity index (χ0v) is 20.4. The van der Waals surface area contributed by atoms with Crippen molar-refractivity contribution in [2.45, 2.75) is 19.8 Å². The number of anilines is 1. The van der Waals surface area contributed by atoms with Gasteiger partial charge in [0.2, 0.25) is 5.91 Å². The van der Waals surface area contributed by atoms with Gasteiger partial charge in [-0.3, -0.25) is 15.0 Å². The third kappa shape index (κ3) is 4.93. The van der Waals surface area contributed by atoms with E-state index in [0.717, 1.165) is 10.8 Å². The van der Waals surface area contributed by atoms with Crippen molar-refractivity contribution in [3.05, 3.63) is 89.5 Å². The Morgan fingerprint density at radius 1 is 1.03 bits per heavy atom. The number of hydrogen-bond donors (Lipinski definition) is 3. The van der Waals surface area contributed by atoms with Gasteiger partial charge in [0.05, 0.1) is 5.69 Å². The Balaban J connectivity index is 1.32. The summed E-state index contributed by atoms with van der Waals surface area (Å²) in [5.74, 6) is -0.961. The lowest BCUT2D eigenvalue weighted by atomic mass is 9.96. The Hall–Kier alpha value is -4.53. The van der Waals surface area contributed by atoms with Gasteiger partial charge in [-0.2, -0.15) is 5.10 Å². The SMILES string of the molecule is Cc1cc(C(=O)Nc2ccc(C(=N)N3CCC(C(N)=O)CC3)cc2)n(-c2cc3ccccc3cc2F)n1. The van der Waals surface area contributed by atoms with E-state index in [2.05, 4.69) is 10.4 Å². The summed E-state index contributed by atoms with van der Waals surface area (Å²) in [4.78, 5) is 26.5. The maximum atomic E-state index is 15.0. The molecule has 0 atom stereocenters. The summed E-state index contributed by atoms with van der Waals surface area (Å²) in [7, 11) is 0. The first-order valence-electron chi connectivity index (χ1n) is 12.1. The van der Waals surface area contributed by atoms with Crippen LogP contribution in [-0.2, 0) is 4.79 Å². The minimum absolute atomic E-state index is 0.137. The van der Waals surface area contributed by atoms with Crippen LogP contribution < -0.4 is 11.1 Å². The first-order chi connectivity index (χ1) is 17.8. The van der Waals surface area contributed by atoms with Crippen LogP contribution in [0.4, 0.5) is 10.1 Å². The molecule has 0 bridgehead atoms. The normalized spacial score (nSPS) is 14.1. The molecule has 4 aromatic rings. The maximum absolute atomic E-state index is 15.0. The Labute approximate surface area is 213 Å². The van der Waals surface area contributed by atoms with Crippen molar-refractivity contribution in [2.75, 3.05) is 18.4 Å². The summed E-state index contributed by atoms with van der Waals surface area (Å²) < 4.78 is 16.3. The number of amidine groups is 1. The van der Waals surface area contributed by atoms with Crippen LogP contribution >= 0.6 is 0 Å². The number of aryl methyl sites for hydroxylation is 1. The second kappa shape index (κ2) is 9.85. The molecule has 8 nitrogen and oxygen atoms in total. The Bertz CT molecular complexity index is 1500. The van der Waals surface area contributed by atoms with Gasteiger partial charge in [0.25, 0.3) is 5.91 Å². The zero-order valence-electron chi connectivity index (χ0n) is 20.4. The van der Waals surface area contributed by atoms with Crippen molar-refractivity contribution >= 4 is 34.1 Å². The van der Waals surface area contributed by atoms with Crippen LogP contribution in [0.1, 0.15) is 34.6 Å². The fourth-order valence-electron chi connectivity index (χ4n) is 4.68. The van der Waals surface area contributed by atoms with Gasteiger partial charge in [0, 0.05) is 30.3 Å². The highest BCUT2D eigenvalue weighted by Crippen LogP contribution is 2.24. The maximum Gasteiger partial charge on any atom is 0.274 e. The van der Waals surface area contributed by atoms with E-state index < -0.39 is 11.7 Å². The van der Waals surface area contributed by atoms with Gasteiger partial charge in [-0.25, -0.2) is 9.07 Å². The van der Waals surface area contributed by atoms with Crippen LogP contribution in [0.3, 0.4) is 0 Å². The van der Waals surface area contributed by atoms with Gasteiger partial charge in [0.15, 0.2) is 0 Å². The number of benzene rings is 3. The van der Waals surface area contributed by atoms with Crippen LogP contribution in [0.25, 0.3) is 16.5 Å². The van der Waals surface area contributed by atoms with Crippen LogP contribution in [0, 0.1) is 24.1 Å². The monoisotopic (exact) mass is 498 g/mol. The lowest BCUT2D eigenvalue weighted by molar-refractivity contribution is -0.122. The zero-order chi connectivity index (χ0) is 26.1. The van der Waals surface area contributed by atoms with Gasteiger partial charge in [-0.1, -0.05) is 24.3 Å². The van der Waals surface area contributed by atoms with Crippen LogP contribution in [0.5, 0.6) is 0 Å². The number of halogens is 1. The summed E-state index contributed by atoms with van der Waals surface area (Å²) in [5.41, 5.74) is 7.63. The molecule has 1 aliphatic rings. The van der Waals surface area contributed by atoms with E-state index in [9.17, 15) is 14.0 Å². The number of likely N-dealkylation sites (tertiary alicyclic amines) is 1. The second-order valence-corrected chi connectivity index (χ2v) is 9.28. The Morgan fingerprint density at radius 3 is 2.32 bits per heavy atom. The van der Waals surface area contributed by atoms with E-state index in [1.165, 1.54) is 10.7 Å². The third-order valence-electron chi connectivity index (χ3n) is 6.74. The van der Waals surface area contributed by atoms with E-state index >= 15 is 0 Å². The number of aromatic nitrogens is 2. The number of primary amides is 1. The number of carbonyl (C=O) groups is 2. The van der Waals surface area contributed by atoms with Crippen molar-refractivity contribution in [1.82, 2.24) is 14.7 Å². The van der Waals surface area contributed by atoms with E-state index in [-0.39, 0.29) is 23.2 Å². The topological polar surface area (TPSA) is 117 Å². The summed E-state index contributed by atoms with van der Waals surface area (Å²) >= 11 is 0. The molecule has 3 aromatic carbocycles. The molecule has 37 heavy (non-hydrogen) atoms. The molecule has 0 spiro atoms. The van der Waals surface area contributed by atoms with E-state index in [0.29, 0.717) is 48.7 Å². The third-order valence-corrected chi connectivity index (χ3v) is 6.74. The summed E-state index contributed by atoms with van der Waals surface area (Å²) in [6, 6.07) is 19.1. The number of nitrogens with zero attached hydrogens (tertiary/aromatic N) is 3. The Morgan fingerprint density at radius 2 is 1.68 bits per heavy atom. The first-order valence-corrected chi connectivity index (χ1v) is 12.1. The minimum Gasteiger partial charge on any atom is -0.369 e. The van der Waals surface area contributed by atoms with Crippen molar-refractivity contribution in [1.29, 1.82) is 5.41 Å². The highest BCUT2D eigenvalue weighted by Gasteiger charge is 2.25. The van der Waals surface area contributed by atoms with Crippen molar-refractivity contribution < 1.29 is 14.0 Å². The molecule has 2 amide bonds. The van der Waals surface area contributed by atoms with E-state index in [4.69, 9.17) is 11.1 Å². The number of amides is 2. The number of hydrogen-bond acceptors (Lipinski definition) is 4. The number of fused-ring (bicyclic) bond motifs is 1. The van der Waals surface area contributed by atoms with Gasteiger partial charge >= 0.3 is 0 Å². The molecule has 1 aromatic heterocycles. The highest BCUT2D eigenvalue weighted by molar-refractivity contribution is 6.04. The predicted octanol–water partition coefficient (Wildman–Crippen LogP) is 4.25. The molecule has 5 rings (SSSR count). The molecule has 0 saturated carbocycles. The Kier molecular flexibility index (Phi) is 6.43. The largest absolute Gasteiger partial charge is 0.369 e. The molecule has 9 heteroatoms. The molecule has 1 saturated heterocycles. The molecule has 1 fully saturated rings. The molecule has 0 unspecified atom stereocenters. The highest BCUT2D eigenvalue weighted by atomic mass is 19.1. The fourth-order valence-corrected chi connectivity index (χ4v) is 4.68. The molecule has 0 aliphatic carbocycles. The van der Waals surface area contributed by atoms with Crippen molar-refractivity contribution in [2.24, 2.45) is 11.7 Å². The van der Waals surface area contributed by atoms with Gasteiger partial charge < -0.3 is 16.0 Å². The van der Waals surface area contributed by atoms with Crippen molar-refractivity contribution in [3.8, 4) is 5.69 Å². The quantitative estimate of drug-likeness (QED) is 0.282. The lowest BCUT2D eigenvalue weighted by Gasteiger charge is -2.32. The number of rotatable bonds is 5. The first kappa shape index (κ1) is 24.2. The molecular weight excluding hydrogens is 471 g/mol. The molecule has 1 aliphatic heterocycles. The fraction of sp³-hybridized carbons (Fsp3) is 0.214. The van der Waals surface area contributed by atoms with Crippen LogP contribution in [0.15, 0.2) is 66.7 Å². The average Bonchev–Trinajstić information content (AvgIpc) is 3.30. The molecule has 188 valence electrons. The smallest absolute Gasteiger partial charge is 0.274 e. The van der Waals surface area contributed by atoms with Gasteiger partial charge in [-0.05, 0) is 73.0 Å². The van der Waals surface area contributed by atoms with E-state index in [1.54, 1.807) is 43.3 Å². The molecule has 2 heterocycles. The van der Waals surface area contributed by atoms with Crippen LogP contribution in [0.2, 0.25) is 0 Å². The summed E-state index contributed by atoms with van der Waals surface area (Å²) in [6.45, 7) is 2.94. The van der Waals surface area contributed by atoms with Gasteiger partial charge in [-0.15, -0.1) is 0 Å².